The molecule has 0 aliphatic rings. The first-order valence-electron chi connectivity index (χ1n) is 6.97. The topological polar surface area (TPSA) is 138 Å². The summed E-state index contributed by atoms with van der Waals surface area (Å²) < 4.78 is 22.9. The van der Waals surface area contributed by atoms with Crippen LogP contribution in [0.15, 0.2) is 30.3 Å². The number of aryl methyl sites for hydroxylation is 2. The summed E-state index contributed by atoms with van der Waals surface area (Å²) in [4.78, 5) is 30.7. The fourth-order valence-electron chi connectivity index (χ4n) is 2.08. The Morgan fingerprint density at radius 3 is 2.12 bits per heavy atom. The van der Waals surface area contributed by atoms with Crippen molar-refractivity contribution < 1.29 is 23.1 Å². The Bertz CT molecular complexity index is 957. The van der Waals surface area contributed by atoms with Gasteiger partial charge in [-0.25, -0.2) is 19.6 Å². The van der Waals surface area contributed by atoms with Gasteiger partial charge < -0.3 is 5.11 Å². The van der Waals surface area contributed by atoms with Crippen LogP contribution < -0.4 is 10.6 Å². The number of carboxylic acid groups (broad SMARTS) is 1. The molecule has 0 aliphatic heterocycles. The van der Waals surface area contributed by atoms with Crippen LogP contribution in [0.4, 0.5) is 10.7 Å². The van der Waals surface area contributed by atoms with Gasteiger partial charge in [0.15, 0.2) is 4.99 Å². The number of urea groups is 1. The van der Waals surface area contributed by atoms with E-state index < -0.39 is 27.3 Å². The number of hydrogen-bond acceptors (Lipinski definition) is 6. The van der Waals surface area contributed by atoms with Gasteiger partial charge in [-0.2, -0.15) is 8.42 Å². The van der Waals surface area contributed by atoms with E-state index in [0.29, 0.717) is 11.4 Å². The molecule has 0 spiro atoms. The van der Waals surface area contributed by atoms with E-state index in [1.165, 1.54) is 24.3 Å². The molecule has 0 saturated carbocycles. The first-order valence-corrected chi connectivity index (χ1v) is 8.04. The summed E-state index contributed by atoms with van der Waals surface area (Å²) in [5.74, 6) is -1.32. The highest BCUT2D eigenvalue weighted by Gasteiger charge is 2.18. The Morgan fingerprint density at radius 1 is 1.04 bits per heavy atom. The molecule has 9 nitrogen and oxygen atoms in total. The Kier molecular flexibility index (Phi) is 5.45. The summed E-state index contributed by atoms with van der Waals surface area (Å²) in [5, 5.41) is 13.6. The summed E-state index contributed by atoms with van der Waals surface area (Å²) in [7, 11) is -2.88. The van der Waals surface area contributed by atoms with E-state index in [1.54, 1.807) is 19.9 Å². The molecule has 0 bridgehead atoms. The molecule has 25 heavy (non-hydrogen) atoms. The van der Waals surface area contributed by atoms with Gasteiger partial charge in [-0.05, 0) is 26.0 Å². The van der Waals surface area contributed by atoms with Crippen LogP contribution in [0.3, 0.4) is 0 Å². The summed E-state index contributed by atoms with van der Waals surface area (Å²) >= 11 is 0. The normalized spacial score (nSPS) is 10.0. The summed E-state index contributed by atoms with van der Waals surface area (Å²) in [5.41, 5.74) is 0.843. The van der Waals surface area contributed by atoms with E-state index in [9.17, 15) is 18.0 Å². The van der Waals surface area contributed by atoms with Crippen molar-refractivity contribution in [1.82, 2.24) is 15.3 Å². The predicted molar refractivity (Wildman–Crippen MR) is 90.1 cm³/mol. The molecule has 2 rings (SSSR count). The molecule has 130 valence electrons. The number of hydrogen-bond donors (Lipinski definition) is 3. The second kappa shape index (κ2) is 7.53. The number of aromatic nitrogens is 2. The molecule has 2 aromatic rings. The number of benzene rings is 1. The zero-order valence-electron chi connectivity index (χ0n) is 13.3. The van der Waals surface area contributed by atoms with Crippen LogP contribution in [0.5, 0.6) is 0 Å². The van der Waals surface area contributed by atoms with Gasteiger partial charge in [-0.15, -0.1) is 0 Å². The minimum atomic E-state index is -2.88. The van der Waals surface area contributed by atoms with E-state index in [1.807, 2.05) is 0 Å². The molecule has 2 amide bonds. The standard InChI is InChI=1S/C15H14N4O5S/c1-8-7-9(2)17-14(16-8)19-15(22)18-12(25(23)24)10-5-3-4-6-11(10)13(20)21/h3-7H,1-2H3,(H,20,21)(H2,16,17,18,19,22). The lowest BCUT2D eigenvalue weighted by Crippen LogP contribution is -2.36. The lowest BCUT2D eigenvalue weighted by Gasteiger charge is -2.10. The van der Waals surface area contributed by atoms with Crippen molar-refractivity contribution in [3.63, 3.8) is 0 Å². The van der Waals surface area contributed by atoms with Crippen molar-refractivity contribution in [3.8, 4) is 0 Å². The summed E-state index contributed by atoms with van der Waals surface area (Å²) in [6, 6.07) is 6.21. The van der Waals surface area contributed by atoms with Crippen LogP contribution in [0.25, 0.3) is 0 Å². The van der Waals surface area contributed by atoms with E-state index in [-0.39, 0.29) is 17.1 Å². The predicted octanol–water partition coefficient (Wildman–Crippen LogP) is 0.970. The van der Waals surface area contributed by atoms with Gasteiger partial charge in [0.1, 0.15) is 0 Å². The number of carbonyl (C=O) groups excluding carboxylic acids is 1. The zero-order chi connectivity index (χ0) is 18.6. The quantitative estimate of drug-likeness (QED) is 0.691. The average molecular weight is 362 g/mol. The lowest BCUT2D eigenvalue weighted by molar-refractivity contribution is 0.0696. The molecule has 10 heteroatoms. The number of rotatable bonds is 3. The first-order chi connectivity index (χ1) is 11.8. The molecule has 1 aromatic carbocycles. The molecule has 0 saturated heterocycles. The highest BCUT2D eigenvalue weighted by atomic mass is 32.2. The van der Waals surface area contributed by atoms with Crippen molar-refractivity contribution in [2.75, 3.05) is 5.32 Å². The van der Waals surface area contributed by atoms with Crippen LogP contribution >= 0.6 is 0 Å². The largest absolute Gasteiger partial charge is 0.478 e. The van der Waals surface area contributed by atoms with E-state index in [0.717, 1.165) is 0 Å². The third-order valence-corrected chi connectivity index (χ3v) is 3.66. The molecule has 0 unspecified atom stereocenters. The van der Waals surface area contributed by atoms with Gasteiger partial charge >= 0.3 is 12.0 Å². The Morgan fingerprint density at radius 2 is 1.60 bits per heavy atom. The van der Waals surface area contributed by atoms with Gasteiger partial charge in [-0.1, -0.05) is 18.2 Å². The van der Waals surface area contributed by atoms with Crippen LogP contribution in [0, 0.1) is 13.8 Å². The number of carboxylic acids is 1. The van der Waals surface area contributed by atoms with Gasteiger partial charge in [0, 0.05) is 17.0 Å². The number of amides is 2. The number of carbonyl (C=O) groups is 2. The van der Waals surface area contributed by atoms with Gasteiger partial charge in [0.25, 0.3) is 0 Å². The maximum atomic E-state index is 12.1. The highest BCUT2D eigenvalue weighted by Crippen LogP contribution is 2.09. The van der Waals surface area contributed by atoms with Crippen LogP contribution in [-0.4, -0.2) is 40.5 Å². The second-order valence-electron chi connectivity index (χ2n) is 4.97. The van der Waals surface area contributed by atoms with E-state index in [2.05, 4.69) is 20.6 Å². The van der Waals surface area contributed by atoms with Crippen molar-refractivity contribution >= 4 is 33.2 Å². The molecule has 0 radical (unpaired) electrons. The van der Waals surface area contributed by atoms with Crippen molar-refractivity contribution in [3.05, 3.63) is 52.8 Å². The number of aromatic carboxylic acids is 1. The summed E-state index contributed by atoms with van der Waals surface area (Å²) in [6.07, 6.45) is 0. The van der Waals surface area contributed by atoms with Gasteiger partial charge in [0.2, 0.25) is 16.2 Å². The molecule has 0 fully saturated rings. The maximum Gasteiger partial charge on any atom is 0.336 e. The maximum absolute atomic E-state index is 12.1. The molecule has 1 aromatic heterocycles. The summed E-state index contributed by atoms with van der Waals surface area (Å²) in [6.45, 7) is 3.43. The molecular weight excluding hydrogens is 348 g/mol. The number of anilines is 1. The first kappa shape index (κ1) is 18.1. The highest BCUT2D eigenvalue weighted by molar-refractivity contribution is 7.73. The van der Waals surface area contributed by atoms with E-state index in [4.69, 9.17) is 5.11 Å². The van der Waals surface area contributed by atoms with Crippen molar-refractivity contribution in [2.45, 2.75) is 13.8 Å². The van der Waals surface area contributed by atoms with Crippen molar-refractivity contribution in [2.24, 2.45) is 0 Å². The molecule has 3 N–H and O–H groups in total. The van der Waals surface area contributed by atoms with Crippen LogP contribution in [-0.2, 0) is 10.3 Å². The Balaban J connectivity index is 2.31. The SMILES string of the molecule is Cc1cc(C)nc(NC(=O)NC(c2ccccc2C(=O)O)=S(=O)=O)n1. The average Bonchev–Trinajstić information content (AvgIpc) is 2.51. The third-order valence-electron chi connectivity index (χ3n) is 3.00. The molecule has 1 heterocycles. The molecular formula is C15H14N4O5S. The Labute approximate surface area is 144 Å². The van der Waals surface area contributed by atoms with Crippen molar-refractivity contribution in [1.29, 1.82) is 0 Å². The monoisotopic (exact) mass is 362 g/mol. The Hall–Kier alpha value is -3.27. The number of nitrogens with zero attached hydrogens (tertiary/aromatic N) is 2. The molecule has 0 aliphatic carbocycles. The van der Waals surface area contributed by atoms with Gasteiger partial charge in [-0.3, -0.25) is 10.6 Å². The fraction of sp³-hybridized carbons (Fsp3) is 0.133. The zero-order valence-corrected chi connectivity index (χ0v) is 14.1. The van der Waals surface area contributed by atoms with Crippen LogP contribution in [0.2, 0.25) is 0 Å². The van der Waals surface area contributed by atoms with Gasteiger partial charge in [0.05, 0.1) is 5.56 Å². The minimum Gasteiger partial charge on any atom is -0.478 e. The third kappa shape index (κ3) is 4.61. The smallest absolute Gasteiger partial charge is 0.336 e. The van der Waals surface area contributed by atoms with Crippen LogP contribution in [0.1, 0.15) is 27.3 Å². The minimum absolute atomic E-state index is 0.00227. The lowest BCUT2D eigenvalue weighted by atomic mass is 10.1. The second-order valence-corrected chi connectivity index (χ2v) is 5.85. The van der Waals surface area contributed by atoms with E-state index >= 15 is 0 Å². The molecule has 0 atom stereocenters. The fourth-order valence-corrected chi connectivity index (χ4v) is 2.62. The number of nitrogens with one attached hydrogen (secondary N) is 2.